The molecule has 7 nitrogen and oxygen atoms in total. The van der Waals surface area contributed by atoms with E-state index in [0.717, 1.165) is 12.8 Å². The summed E-state index contributed by atoms with van der Waals surface area (Å²) >= 11 is 0. The number of hydrogen-bond acceptors (Lipinski definition) is 5. The van der Waals surface area contributed by atoms with Crippen LogP contribution in [-0.2, 0) is 11.3 Å². The molecule has 17 heavy (non-hydrogen) atoms. The molecule has 1 aromatic heterocycles. The fourth-order valence-electron chi connectivity index (χ4n) is 1.45. The zero-order valence-electron chi connectivity index (χ0n) is 10.0. The number of aromatic nitrogens is 3. The quantitative estimate of drug-likeness (QED) is 0.669. The van der Waals surface area contributed by atoms with Crippen molar-refractivity contribution in [1.29, 1.82) is 0 Å². The molecule has 0 saturated carbocycles. The Morgan fingerprint density at radius 2 is 2.35 bits per heavy atom. The Bertz CT molecular complexity index is 352. The van der Waals surface area contributed by atoms with Gasteiger partial charge >= 0.3 is 0 Å². The predicted molar refractivity (Wildman–Crippen MR) is 63.0 cm³/mol. The number of hydrogen-bond donors (Lipinski definition) is 2. The van der Waals surface area contributed by atoms with Gasteiger partial charge in [-0.1, -0.05) is 13.3 Å². The maximum atomic E-state index is 11.9. The van der Waals surface area contributed by atoms with Gasteiger partial charge in [-0.25, -0.2) is 9.67 Å². The first kappa shape index (κ1) is 13.4. The van der Waals surface area contributed by atoms with Crippen molar-refractivity contribution < 1.29 is 9.90 Å². The first-order valence-corrected chi connectivity index (χ1v) is 5.71. The average molecular weight is 241 g/mol. The molecule has 1 rings (SSSR count). The van der Waals surface area contributed by atoms with Gasteiger partial charge in [0.1, 0.15) is 12.9 Å². The van der Waals surface area contributed by atoms with Crippen LogP contribution < -0.4 is 5.73 Å². The molecule has 0 aliphatic heterocycles. The van der Waals surface area contributed by atoms with Crippen LogP contribution in [0.25, 0.3) is 0 Å². The van der Waals surface area contributed by atoms with Gasteiger partial charge in [-0.15, -0.1) is 5.10 Å². The monoisotopic (exact) mass is 241 g/mol. The number of unbranched alkanes of at least 4 members (excludes halogenated alkanes) is 1. The molecular formula is C10H19N5O2. The summed E-state index contributed by atoms with van der Waals surface area (Å²) in [4.78, 5) is 17.3. The maximum Gasteiger partial charge on any atom is 0.244 e. The molecular weight excluding hydrogens is 222 g/mol. The SMILES string of the molecule is CCCCN(CCO)C(=O)Cn1cnc(N)n1. The van der Waals surface area contributed by atoms with Gasteiger partial charge in [0.05, 0.1) is 6.61 Å². The third-order valence-electron chi connectivity index (χ3n) is 2.36. The summed E-state index contributed by atoms with van der Waals surface area (Å²) in [5, 5.41) is 12.8. The van der Waals surface area contributed by atoms with E-state index in [1.54, 1.807) is 4.90 Å². The van der Waals surface area contributed by atoms with E-state index in [2.05, 4.69) is 17.0 Å². The van der Waals surface area contributed by atoms with Crippen molar-refractivity contribution in [3.05, 3.63) is 6.33 Å². The highest BCUT2D eigenvalue weighted by Gasteiger charge is 2.13. The van der Waals surface area contributed by atoms with Crippen molar-refractivity contribution in [3.63, 3.8) is 0 Å². The first-order valence-electron chi connectivity index (χ1n) is 5.71. The predicted octanol–water partition coefficient (Wildman–Crippen LogP) is -0.519. The molecule has 1 heterocycles. The minimum atomic E-state index is -0.0857. The molecule has 3 N–H and O–H groups in total. The van der Waals surface area contributed by atoms with Crippen LogP contribution in [0.15, 0.2) is 6.33 Å². The Morgan fingerprint density at radius 3 is 2.88 bits per heavy atom. The number of rotatable bonds is 7. The van der Waals surface area contributed by atoms with Gasteiger partial charge in [-0.3, -0.25) is 4.79 Å². The third-order valence-corrected chi connectivity index (χ3v) is 2.36. The standard InChI is InChI=1S/C10H19N5O2/c1-2-3-4-14(5-6-16)9(17)7-15-8-12-10(11)13-15/h8,16H,2-7H2,1H3,(H2,11,13). The van der Waals surface area contributed by atoms with Crippen LogP contribution in [-0.4, -0.2) is 50.4 Å². The highest BCUT2D eigenvalue weighted by atomic mass is 16.3. The number of nitrogens with two attached hydrogens (primary N) is 1. The van der Waals surface area contributed by atoms with E-state index in [0.29, 0.717) is 13.1 Å². The average Bonchev–Trinajstić information content (AvgIpc) is 2.70. The maximum absolute atomic E-state index is 11.9. The molecule has 0 saturated heterocycles. The zero-order chi connectivity index (χ0) is 12.7. The van der Waals surface area contributed by atoms with Gasteiger partial charge in [-0.05, 0) is 6.42 Å². The first-order chi connectivity index (χ1) is 8.17. The highest BCUT2D eigenvalue weighted by molar-refractivity contribution is 5.75. The number of aliphatic hydroxyl groups excluding tert-OH is 1. The molecule has 1 amide bonds. The number of nitrogens with zero attached hydrogens (tertiary/aromatic N) is 4. The van der Waals surface area contributed by atoms with E-state index >= 15 is 0 Å². The minimum absolute atomic E-state index is 0.0328. The van der Waals surface area contributed by atoms with Crippen LogP contribution in [0.5, 0.6) is 0 Å². The van der Waals surface area contributed by atoms with Crippen LogP contribution in [0, 0.1) is 0 Å². The second-order valence-corrected chi connectivity index (χ2v) is 3.76. The molecule has 0 radical (unpaired) electrons. The van der Waals surface area contributed by atoms with Crippen LogP contribution >= 0.6 is 0 Å². The Morgan fingerprint density at radius 1 is 1.59 bits per heavy atom. The molecule has 0 aromatic carbocycles. The molecule has 0 aliphatic rings. The summed E-state index contributed by atoms with van der Waals surface area (Å²) in [6.45, 7) is 3.13. The Kier molecular flexibility index (Phi) is 5.41. The summed E-state index contributed by atoms with van der Waals surface area (Å²) in [5.74, 6) is 0.0671. The van der Waals surface area contributed by atoms with Gasteiger partial charge in [-0.2, -0.15) is 0 Å². The third kappa shape index (κ3) is 4.39. The molecule has 0 unspecified atom stereocenters. The van der Waals surface area contributed by atoms with Crippen LogP contribution in [0.4, 0.5) is 5.95 Å². The molecule has 0 spiro atoms. The number of amides is 1. The second-order valence-electron chi connectivity index (χ2n) is 3.76. The lowest BCUT2D eigenvalue weighted by Gasteiger charge is -2.21. The molecule has 7 heteroatoms. The Balaban J connectivity index is 2.52. The van der Waals surface area contributed by atoms with Crippen molar-refractivity contribution in [1.82, 2.24) is 19.7 Å². The zero-order valence-corrected chi connectivity index (χ0v) is 10.0. The fraction of sp³-hybridized carbons (Fsp3) is 0.700. The minimum Gasteiger partial charge on any atom is -0.395 e. The van der Waals surface area contributed by atoms with Crippen LogP contribution in [0.1, 0.15) is 19.8 Å². The number of carbonyl (C=O) groups excluding carboxylic acids is 1. The van der Waals surface area contributed by atoms with Crippen molar-refractivity contribution in [2.24, 2.45) is 0 Å². The number of nitrogen functional groups attached to an aromatic ring is 1. The topological polar surface area (TPSA) is 97.3 Å². The second kappa shape index (κ2) is 6.85. The number of carbonyl (C=O) groups is 1. The molecule has 96 valence electrons. The van der Waals surface area contributed by atoms with Gasteiger partial charge in [0.25, 0.3) is 0 Å². The highest BCUT2D eigenvalue weighted by Crippen LogP contribution is 1.98. The fourth-order valence-corrected chi connectivity index (χ4v) is 1.45. The smallest absolute Gasteiger partial charge is 0.244 e. The number of anilines is 1. The van der Waals surface area contributed by atoms with Crippen LogP contribution in [0.3, 0.4) is 0 Å². The van der Waals surface area contributed by atoms with Crippen LogP contribution in [0.2, 0.25) is 0 Å². The van der Waals surface area contributed by atoms with Gasteiger partial charge in [0, 0.05) is 13.1 Å². The molecule has 0 aliphatic carbocycles. The van der Waals surface area contributed by atoms with Crippen molar-refractivity contribution in [2.75, 3.05) is 25.4 Å². The van der Waals surface area contributed by atoms with Crippen molar-refractivity contribution in [3.8, 4) is 0 Å². The lowest BCUT2D eigenvalue weighted by atomic mass is 10.3. The normalized spacial score (nSPS) is 10.5. The van der Waals surface area contributed by atoms with Gasteiger partial charge in [0.15, 0.2) is 0 Å². The van der Waals surface area contributed by atoms with E-state index in [1.165, 1.54) is 11.0 Å². The molecule has 0 atom stereocenters. The molecule has 0 bridgehead atoms. The van der Waals surface area contributed by atoms with E-state index in [9.17, 15) is 4.79 Å². The van der Waals surface area contributed by atoms with Gasteiger partial charge < -0.3 is 15.7 Å². The lowest BCUT2D eigenvalue weighted by Crippen LogP contribution is -2.36. The van der Waals surface area contributed by atoms with E-state index < -0.39 is 0 Å². The Hall–Kier alpha value is -1.63. The number of aliphatic hydroxyl groups is 1. The lowest BCUT2D eigenvalue weighted by molar-refractivity contribution is -0.132. The largest absolute Gasteiger partial charge is 0.395 e. The van der Waals surface area contributed by atoms with Gasteiger partial charge in [0.2, 0.25) is 11.9 Å². The van der Waals surface area contributed by atoms with Crippen molar-refractivity contribution >= 4 is 11.9 Å². The summed E-state index contributed by atoms with van der Waals surface area (Å²) in [7, 11) is 0. The summed E-state index contributed by atoms with van der Waals surface area (Å²) in [5.41, 5.74) is 5.36. The Labute approximate surface area is 100 Å². The summed E-state index contributed by atoms with van der Waals surface area (Å²) < 4.78 is 1.40. The summed E-state index contributed by atoms with van der Waals surface area (Å²) in [6, 6.07) is 0. The summed E-state index contributed by atoms with van der Waals surface area (Å²) in [6.07, 6.45) is 3.35. The van der Waals surface area contributed by atoms with E-state index in [4.69, 9.17) is 10.8 Å². The van der Waals surface area contributed by atoms with E-state index in [1.807, 2.05) is 0 Å². The van der Waals surface area contributed by atoms with Crippen molar-refractivity contribution in [2.45, 2.75) is 26.3 Å². The molecule has 0 fully saturated rings. The van der Waals surface area contributed by atoms with E-state index in [-0.39, 0.29) is 25.0 Å². The molecule has 1 aromatic rings.